The molecular formula is C12H13BrN2O2. The number of benzene rings is 1. The molecule has 0 bridgehead atoms. The fourth-order valence-electron chi connectivity index (χ4n) is 1.61. The third-order valence-electron chi connectivity index (χ3n) is 2.86. The molecular weight excluding hydrogens is 284 g/mol. The second-order valence-corrected chi connectivity index (χ2v) is 5.10. The van der Waals surface area contributed by atoms with Gasteiger partial charge in [0, 0.05) is 10.4 Å². The van der Waals surface area contributed by atoms with Gasteiger partial charge in [0.1, 0.15) is 0 Å². The van der Waals surface area contributed by atoms with E-state index in [0.717, 1.165) is 6.42 Å². The van der Waals surface area contributed by atoms with Crippen LogP contribution in [0.5, 0.6) is 0 Å². The summed E-state index contributed by atoms with van der Waals surface area (Å²) in [6.07, 6.45) is 0.900. The van der Waals surface area contributed by atoms with Crippen molar-refractivity contribution in [2.45, 2.75) is 13.3 Å². The molecule has 1 fully saturated rings. The highest BCUT2D eigenvalue weighted by Crippen LogP contribution is 2.37. The molecule has 1 aromatic rings. The first-order valence-electron chi connectivity index (χ1n) is 5.44. The van der Waals surface area contributed by atoms with Crippen molar-refractivity contribution in [1.82, 2.24) is 10.9 Å². The Hall–Kier alpha value is -1.36. The first-order chi connectivity index (χ1) is 8.09. The largest absolute Gasteiger partial charge is 0.273 e. The van der Waals surface area contributed by atoms with Crippen LogP contribution in [0.2, 0.25) is 0 Å². The lowest BCUT2D eigenvalue weighted by Crippen LogP contribution is -2.42. The van der Waals surface area contributed by atoms with E-state index in [1.807, 2.05) is 13.0 Å². The molecule has 2 amide bonds. The van der Waals surface area contributed by atoms with Crippen molar-refractivity contribution in [3.63, 3.8) is 0 Å². The van der Waals surface area contributed by atoms with Gasteiger partial charge < -0.3 is 0 Å². The molecule has 0 saturated heterocycles. The molecule has 1 aliphatic rings. The van der Waals surface area contributed by atoms with Crippen molar-refractivity contribution in [2.24, 2.45) is 11.8 Å². The van der Waals surface area contributed by atoms with Gasteiger partial charge in [-0.1, -0.05) is 19.1 Å². The normalized spacial score (nSPS) is 21.8. The highest BCUT2D eigenvalue weighted by Gasteiger charge is 2.39. The quantitative estimate of drug-likeness (QED) is 0.819. The number of nitrogens with one attached hydrogen (secondary N) is 2. The second kappa shape index (κ2) is 4.87. The summed E-state index contributed by atoms with van der Waals surface area (Å²) in [6.45, 7) is 2.01. The van der Waals surface area contributed by atoms with Crippen LogP contribution in [0.3, 0.4) is 0 Å². The Morgan fingerprint density at radius 1 is 1.29 bits per heavy atom. The molecule has 0 aliphatic heterocycles. The second-order valence-electron chi connectivity index (χ2n) is 4.24. The van der Waals surface area contributed by atoms with Crippen LogP contribution in [0.25, 0.3) is 0 Å². The molecule has 2 atom stereocenters. The molecule has 0 heterocycles. The van der Waals surface area contributed by atoms with Gasteiger partial charge in [-0.05, 0) is 40.4 Å². The van der Waals surface area contributed by atoms with Crippen molar-refractivity contribution in [2.75, 3.05) is 0 Å². The van der Waals surface area contributed by atoms with Crippen LogP contribution in [-0.4, -0.2) is 11.8 Å². The summed E-state index contributed by atoms with van der Waals surface area (Å²) >= 11 is 3.28. The molecule has 17 heavy (non-hydrogen) atoms. The van der Waals surface area contributed by atoms with Gasteiger partial charge >= 0.3 is 0 Å². The van der Waals surface area contributed by atoms with Crippen LogP contribution in [0.1, 0.15) is 23.7 Å². The Bertz CT molecular complexity index is 462. The van der Waals surface area contributed by atoms with Crippen molar-refractivity contribution < 1.29 is 9.59 Å². The Labute approximate surface area is 108 Å². The van der Waals surface area contributed by atoms with Crippen molar-refractivity contribution in [3.05, 3.63) is 34.3 Å². The molecule has 5 heteroatoms. The lowest BCUT2D eigenvalue weighted by molar-refractivity contribution is -0.123. The number of halogens is 1. The van der Waals surface area contributed by atoms with Gasteiger partial charge in [-0.25, -0.2) is 0 Å². The third kappa shape index (κ3) is 2.85. The molecule has 2 N–H and O–H groups in total. The van der Waals surface area contributed by atoms with Gasteiger partial charge in [0.25, 0.3) is 5.91 Å². The number of carbonyl (C=O) groups excluding carboxylic acids is 2. The first-order valence-corrected chi connectivity index (χ1v) is 6.23. The van der Waals surface area contributed by atoms with Gasteiger partial charge in [0.2, 0.25) is 5.91 Å². The smallest absolute Gasteiger partial charge is 0.270 e. The summed E-state index contributed by atoms with van der Waals surface area (Å²) < 4.78 is 0.700. The van der Waals surface area contributed by atoms with E-state index in [0.29, 0.717) is 16.0 Å². The molecule has 0 aromatic heterocycles. The number of hydrazine groups is 1. The SMILES string of the molecule is C[C@@H]1C[C@H]1C(=O)NNC(=O)c1ccccc1Br. The minimum absolute atomic E-state index is 0.0505. The summed E-state index contributed by atoms with van der Waals surface area (Å²) in [5, 5.41) is 0. The van der Waals surface area contributed by atoms with E-state index < -0.39 is 0 Å². The lowest BCUT2D eigenvalue weighted by atomic mass is 10.2. The molecule has 4 nitrogen and oxygen atoms in total. The topological polar surface area (TPSA) is 58.2 Å². The zero-order chi connectivity index (χ0) is 12.4. The van der Waals surface area contributed by atoms with Crippen LogP contribution < -0.4 is 10.9 Å². The first kappa shape index (κ1) is 12.1. The van der Waals surface area contributed by atoms with Gasteiger partial charge in [-0.15, -0.1) is 0 Å². The van der Waals surface area contributed by atoms with E-state index in [1.165, 1.54) is 0 Å². The van der Waals surface area contributed by atoms with E-state index in [2.05, 4.69) is 26.8 Å². The van der Waals surface area contributed by atoms with E-state index >= 15 is 0 Å². The number of hydrogen-bond acceptors (Lipinski definition) is 2. The van der Waals surface area contributed by atoms with Gasteiger partial charge in [-0.2, -0.15) is 0 Å². The predicted molar refractivity (Wildman–Crippen MR) is 67.0 cm³/mol. The Balaban J connectivity index is 1.89. The number of amides is 2. The van der Waals surface area contributed by atoms with Crippen LogP contribution in [0.15, 0.2) is 28.7 Å². The Morgan fingerprint density at radius 3 is 2.53 bits per heavy atom. The molecule has 0 radical (unpaired) electrons. The van der Waals surface area contributed by atoms with Crippen LogP contribution in [-0.2, 0) is 4.79 Å². The number of rotatable bonds is 2. The lowest BCUT2D eigenvalue weighted by Gasteiger charge is -2.07. The maximum atomic E-state index is 11.7. The van der Waals surface area contributed by atoms with E-state index in [4.69, 9.17) is 0 Å². The van der Waals surface area contributed by atoms with E-state index in [9.17, 15) is 9.59 Å². The summed E-state index contributed by atoms with van der Waals surface area (Å²) in [5.41, 5.74) is 5.35. The maximum Gasteiger partial charge on any atom is 0.270 e. The van der Waals surface area contributed by atoms with Gasteiger partial charge in [0.15, 0.2) is 0 Å². The van der Waals surface area contributed by atoms with Crippen LogP contribution >= 0.6 is 15.9 Å². The molecule has 1 aliphatic carbocycles. The Kier molecular flexibility index (Phi) is 3.47. The maximum absolute atomic E-state index is 11.7. The average Bonchev–Trinajstić information content (AvgIpc) is 3.03. The van der Waals surface area contributed by atoms with Gasteiger partial charge in [-0.3, -0.25) is 20.4 Å². The fourth-order valence-corrected chi connectivity index (χ4v) is 2.08. The number of hydrogen-bond donors (Lipinski definition) is 2. The standard InChI is InChI=1S/C12H13BrN2O2/c1-7-6-9(7)12(17)15-14-11(16)8-4-2-3-5-10(8)13/h2-5,7,9H,6H2,1H3,(H,14,16)(H,15,17)/t7-,9-/m1/s1. The van der Waals surface area contributed by atoms with E-state index in [-0.39, 0.29) is 17.7 Å². The monoisotopic (exact) mass is 296 g/mol. The zero-order valence-corrected chi connectivity index (χ0v) is 11.0. The fraction of sp³-hybridized carbons (Fsp3) is 0.333. The van der Waals surface area contributed by atoms with Crippen molar-refractivity contribution in [1.29, 1.82) is 0 Å². The van der Waals surface area contributed by atoms with Gasteiger partial charge in [0.05, 0.1) is 5.56 Å². The van der Waals surface area contributed by atoms with Crippen molar-refractivity contribution in [3.8, 4) is 0 Å². The minimum atomic E-state index is -0.320. The molecule has 0 spiro atoms. The zero-order valence-electron chi connectivity index (χ0n) is 9.37. The molecule has 1 aromatic carbocycles. The summed E-state index contributed by atoms with van der Waals surface area (Å²) in [6, 6.07) is 7.06. The summed E-state index contributed by atoms with van der Waals surface area (Å²) in [4.78, 5) is 23.2. The van der Waals surface area contributed by atoms with Crippen molar-refractivity contribution >= 4 is 27.7 Å². The third-order valence-corrected chi connectivity index (χ3v) is 3.56. The van der Waals surface area contributed by atoms with Crippen LogP contribution in [0, 0.1) is 11.8 Å². The number of carbonyl (C=O) groups is 2. The Morgan fingerprint density at radius 2 is 1.94 bits per heavy atom. The molecule has 2 rings (SSSR count). The summed E-state index contributed by atoms with van der Waals surface area (Å²) in [7, 11) is 0. The molecule has 90 valence electrons. The summed E-state index contributed by atoms with van der Waals surface area (Å²) in [5.74, 6) is 0.0434. The highest BCUT2D eigenvalue weighted by molar-refractivity contribution is 9.10. The average molecular weight is 297 g/mol. The molecule has 0 unspecified atom stereocenters. The predicted octanol–water partition coefficient (Wildman–Crippen LogP) is 1.87. The minimum Gasteiger partial charge on any atom is -0.273 e. The highest BCUT2D eigenvalue weighted by atomic mass is 79.9. The van der Waals surface area contributed by atoms with Crippen LogP contribution in [0.4, 0.5) is 0 Å². The van der Waals surface area contributed by atoms with E-state index in [1.54, 1.807) is 18.2 Å². The molecule has 1 saturated carbocycles.